The van der Waals surface area contributed by atoms with Crippen molar-refractivity contribution in [3.63, 3.8) is 0 Å². The number of nitrogens with one attached hydrogen (secondary N) is 2. The highest BCUT2D eigenvalue weighted by molar-refractivity contribution is 7.17. The number of fused-ring (bicyclic) bond motifs is 1. The summed E-state index contributed by atoms with van der Waals surface area (Å²) in [5.74, 6) is 0.279. The molecule has 0 bridgehead atoms. The molecule has 1 saturated carbocycles. The summed E-state index contributed by atoms with van der Waals surface area (Å²) in [6, 6.07) is 1.05. The van der Waals surface area contributed by atoms with E-state index in [0.717, 1.165) is 30.2 Å². The second-order valence-electron chi connectivity index (χ2n) is 8.13. The summed E-state index contributed by atoms with van der Waals surface area (Å²) >= 11 is 0.869. The third kappa shape index (κ3) is 5.08. The van der Waals surface area contributed by atoms with Crippen LogP contribution >= 0.6 is 11.3 Å². The van der Waals surface area contributed by atoms with Crippen LogP contribution in [-0.2, 0) is 10.9 Å². The smallest absolute Gasteiger partial charge is 0.417 e. The van der Waals surface area contributed by atoms with Gasteiger partial charge in [-0.3, -0.25) is 4.79 Å². The molecule has 2 fully saturated rings. The Morgan fingerprint density at radius 3 is 2.56 bits per heavy atom. The average Bonchev–Trinajstić information content (AvgIpc) is 3.48. The molecule has 1 aliphatic heterocycles. The first-order chi connectivity index (χ1) is 15.3. The van der Waals surface area contributed by atoms with Gasteiger partial charge in [-0.25, -0.2) is 9.78 Å². The predicted molar refractivity (Wildman–Crippen MR) is 115 cm³/mol. The SMILES string of the molecule is CCNC(=O)c1csc2c(C(F)(F)F)cc(N3CCC(OC(=O)NCC4CC4)CC3)nc12. The Morgan fingerprint density at radius 1 is 1.22 bits per heavy atom. The van der Waals surface area contributed by atoms with Crippen molar-refractivity contribution in [2.24, 2.45) is 5.92 Å². The Bertz CT molecular complexity index is 998. The van der Waals surface area contributed by atoms with Gasteiger partial charge in [0.2, 0.25) is 0 Å². The van der Waals surface area contributed by atoms with Crippen LogP contribution in [0.15, 0.2) is 11.4 Å². The van der Waals surface area contributed by atoms with E-state index in [1.165, 1.54) is 5.38 Å². The molecule has 2 N–H and O–H groups in total. The van der Waals surface area contributed by atoms with Crippen LogP contribution in [0.4, 0.5) is 23.8 Å². The van der Waals surface area contributed by atoms with E-state index in [1.807, 2.05) is 0 Å². The number of anilines is 1. The van der Waals surface area contributed by atoms with E-state index in [4.69, 9.17) is 4.74 Å². The monoisotopic (exact) mass is 470 g/mol. The molecule has 1 saturated heterocycles. The summed E-state index contributed by atoms with van der Waals surface area (Å²) in [5, 5.41) is 6.79. The summed E-state index contributed by atoms with van der Waals surface area (Å²) in [6.45, 7) is 3.53. The number of pyridine rings is 1. The zero-order valence-corrected chi connectivity index (χ0v) is 18.4. The van der Waals surface area contributed by atoms with E-state index in [1.54, 1.807) is 11.8 Å². The molecule has 0 unspecified atom stereocenters. The van der Waals surface area contributed by atoms with Gasteiger partial charge in [0, 0.05) is 44.4 Å². The highest BCUT2D eigenvalue weighted by atomic mass is 32.1. The summed E-state index contributed by atoms with van der Waals surface area (Å²) in [4.78, 5) is 30.4. The lowest BCUT2D eigenvalue weighted by Crippen LogP contribution is -2.40. The van der Waals surface area contributed by atoms with Gasteiger partial charge in [-0.05, 0) is 31.7 Å². The molecule has 1 aliphatic carbocycles. The Balaban J connectivity index is 1.50. The minimum atomic E-state index is -4.57. The first kappa shape index (κ1) is 22.6. The molecule has 3 heterocycles. The fourth-order valence-corrected chi connectivity index (χ4v) is 4.75. The maximum absolute atomic E-state index is 13.8. The molecule has 7 nitrogen and oxygen atoms in total. The molecular weight excluding hydrogens is 445 g/mol. The van der Waals surface area contributed by atoms with Crippen LogP contribution in [-0.4, -0.2) is 49.3 Å². The van der Waals surface area contributed by atoms with Gasteiger partial charge in [-0.2, -0.15) is 13.2 Å². The number of hydrogen-bond acceptors (Lipinski definition) is 6. The van der Waals surface area contributed by atoms with E-state index in [9.17, 15) is 22.8 Å². The number of nitrogens with zero attached hydrogens (tertiary/aromatic N) is 2. The third-order valence-corrected chi connectivity index (χ3v) is 6.67. The molecule has 0 aromatic carbocycles. The predicted octanol–water partition coefficient (Wildman–Crippen LogP) is 4.17. The van der Waals surface area contributed by atoms with Crippen molar-refractivity contribution in [3.05, 3.63) is 22.6 Å². The molecule has 2 aliphatic rings. The number of halogens is 3. The molecule has 2 aromatic rings. The van der Waals surface area contributed by atoms with E-state index in [0.29, 0.717) is 44.9 Å². The first-order valence-corrected chi connectivity index (χ1v) is 11.6. The van der Waals surface area contributed by atoms with Crippen LogP contribution < -0.4 is 15.5 Å². The molecular formula is C21H25F3N4O3S. The summed E-state index contributed by atoms with van der Waals surface area (Å²) < 4.78 is 46.7. The Kier molecular flexibility index (Phi) is 6.45. The number of aromatic nitrogens is 1. The van der Waals surface area contributed by atoms with Crippen molar-refractivity contribution in [1.82, 2.24) is 15.6 Å². The van der Waals surface area contributed by atoms with Crippen molar-refractivity contribution in [2.75, 3.05) is 31.1 Å². The summed E-state index contributed by atoms with van der Waals surface area (Å²) in [5.41, 5.74) is -0.593. The number of hydrogen-bond donors (Lipinski definition) is 2. The summed E-state index contributed by atoms with van der Waals surface area (Å²) in [6.07, 6.45) is -2.07. The van der Waals surface area contributed by atoms with E-state index in [2.05, 4.69) is 15.6 Å². The van der Waals surface area contributed by atoms with Crippen molar-refractivity contribution in [3.8, 4) is 0 Å². The van der Waals surface area contributed by atoms with Gasteiger partial charge in [-0.1, -0.05) is 0 Å². The molecule has 0 atom stereocenters. The molecule has 2 aromatic heterocycles. The minimum absolute atomic E-state index is 0.0481. The summed E-state index contributed by atoms with van der Waals surface area (Å²) in [7, 11) is 0. The fourth-order valence-electron chi connectivity index (χ4n) is 3.73. The highest BCUT2D eigenvalue weighted by Crippen LogP contribution is 2.40. The van der Waals surface area contributed by atoms with Gasteiger partial charge < -0.3 is 20.3 Å². The van der Waals surface area contributed by atoms with Gasteiger partial charge in [0.05, 0.1) is 21.3 Å². The van der Waals surface area contributed by atoms with Gasteiger partial charge in [0.1, 0.15) is 11.9 Å². The maximum Gasteiger partial charge on any atom is 0.417 e. The van der Waals surface area contributed by atoms with Crippen LogP contribution in [0, 0.1) is 5.92 Å². The molecule has 11 heteroatoms. The second kappa shape index (κ2) is 9.13. The number of thiophene rings is 1. The minimum Gasteiger partial charge on any atom is -0.446 e. The number of amides is 2. The van der Waals surface area contributed by atoms with Gasteiger partial charge in [-0.15, -0.1) is 11.3 Å². The van der Waals surface area contributed by atoms with Crippen LogP contribution in [0.3, 0.4) is 0 Å². The lowest BCUT2D eigenvalue weighted by Gasteiger charge is -2.32. The standard InChI is InChI=1S/C21H25F3N4O3S/c1-2-25-19(29)14-11-32-18-15(21(22,23)24)9-16(27-17(14)18)28-7-5-13(6-8-28)31-20(30)26-10-12-3-4-12/h9,11-13H,2-8,10H2,1H3,(H,25,29)(H,26,30). The fraction of sp³-hybridized carbons (Fsp3) is 0.571. The third-order valence-electron chi connectivity index (χ3n) is 5.67. The highest BCUT2D eigenvalue weighted by Gasteiger charge is 2.36. The lowest BCUT2D eigenvalue weighted by molar-refractivity contribution is -0.136. The van der Waals surface area contributed by atoms with E-state index >= 15 is 0 Å². The number of alkyl carbamates (subject to hydrolysis) is 1. The van der Waals surface area contributed by atoms with Crippen LogP contribution in [0.1, 0.15) is 48.5 Å². The maximum atomic E-state index is 13.8. The van der Waals surface area contributed by atoms with Crippen LogP contribution in [0.5, 0.6) is 0 Å². The first-order valence-electron chi connectivity index (χ1n) is 10.7. The molecule has 32 heavy (non-hydrogen) atoms. The number of carbonyl (C=O) groups is 2. The zero-order valence-electron chi connectivity index (χ0n) is 17.6. The quantitative estimate of drug-likeness (QED) is 0.662. The number of alkyl halides is 3. The van der Waals surface area contributed by atoms with Crippen molar-refractivity contribution >= 4 is 39.4 Å². The molecule has 2 amide bonds. The van der Waals surface area contributed by atoms with Gasteiger partial charge in [0.15, 0.2) is 0 Å². The Labute approximate surface area is 187 Å². The lowest BCUT2D eigenvalue weighted by atomic mass is 10.1. The second-order valence-corrected chi connectivity index (χ2v) is 9.01. The molecule has 4 rings (SSSR count). The largest absolute Gasteiger partial charge is 0.446 e. The topological polar surface area (TPSA) is 83.6 Å². The Morgan fingerprint density at radius 2 is 1.94 bits per heavy atom. The van der Waals surface area contributed by atoms with Crippen LogP contribution in [0.2, 0.25) is 0 Å². The van der Waals surface area contributed by atoms with Gasteiger partial charge >= 0.3 is 12.3 Å². The van der Waals surface area contributed by atoms with Crippen molar-refractivity contribution in [1.29, 1.82) is 0 Å². The number of rotatable bonds is 6. The molecule has 0 spiro atoms. The van der Waals surface area contributed by atoms with Crippen molar-refractivity contribution in [2.45, 2.75) is 44.9 Å². The number of piperidine rings is 1. The normalized spacial score (nSPS) is 17.4. The average molecular weight is 471 g/mol. The van der Waals surface area contributed by atoms with E-state index in [-0.39, 0.29) is 27.7 Å². The molecule has 0 radical (unpaired) electrons. The Hall–Kier alpha value is -2.56. The van der Waals surface area contributed by atoms with E-state index < -0.39 is 23.7 Å². The molecule has 174 valence electrons. The van der Waals surface area contributed by atoms with Crippen molar-refractivity contribution < 1.29 is 27.5 Å². The number of carbonyl (C=O) groups excluding carboxylic acids is 2. The zero-order chi connectivity index (χ0) is 22.9. The number of ether oxygens (including phenoxy) is 1. The van der Waals surface area contributed by atoms with Crippen LogP contribution in [0.25, 0.3) is 10.2 Å². The van der Waals surface area contributed by atoms with Gasteiger partial charge in [0.25, 0.3) is 5.91 Å².